The van der Waals surface area contributed by atoms with Gasteiger partial charge in [0.25, 0.3) is 0 Å². The van der Waals surface area contributed by atoms with E-state index in [9.17, 15) is 31.2 Å². The smallest absolute Gasteiger partial charge is 0.355 e. The van der Waals surface area contributed by atoms with Crippen molar-refractivity contribution >= 4 is 43.5 Å². The number of anilines is 1. The normalized spacial score (nSPS) is 12.4. The zero-order valence-electron chi connectivity index (χ0n) is 21.9. The first-order valence-electron chi connectivity index (χ1n) is 12.3. The number of carbonyl (C=O) groups is 2. The first-order valence-corrected chi connectivity index (χ1v) is 14.9. The minimum atomic E-state index is -4.71. The first-order chi connectivity index (χ1) is 18.8. The number of amides is 2. The molecule has 0 saturated heterocycles. The van der Waals surface area contributed by atoms with Crippen LogP contribution in [0.25, 0.3) is 0 Å². The van der Waals surface area contributed by atoms with Gasteiger partial charge in [-0.15, -0.1) is 0 Å². The summed E-state index contributed by atoms with van der Waals surface area (Å²) in [6, 6.07) is 18.8. The van der Waals surface area contributed by atoms with Gasteiger partial charge in [-0.05, 0) is 48.4 Å². The molecule has 12 heteroatoms. The second kappa shape index (κ2) is 13.3. The molecule has 0 radical (unpaired) electrons. The van der Waals surface area contributed by atoms with E-state index >= 15 is 0 Å². The Balaban J connectivity index is 2.06. The molecule has 0 spiro atoms. The van der Waals surface area contributed by atoms with Crippen LogP contribution in [0.5, 0.6) is 0 Å². The van der Waals surface area contributed by atoms with Gasteiger partial charge in [0.05, 0.1) is 17.5 Å². The van der Waals surface area contributed by atoms with Gasteiger partial charge >= 0.3 is 6.18 Å². The second-order valence-electron chi connectivity index (χ2n) is 9.07. The molecule has 3 aromatic carbocycles. The zero-order chi connectivity index (χ0) is 29.5. The summed E-state index contributed by atoms with van der Waals surface area (Å²) >= 11 is 3.39. The van der Waals surface area contributed by atoms with Crippen LogP contribution in [-0.4, -0.2) is 50.5 Å². The van der Waals surface area contributed by atoms with Crippen molar-refractivity contribution < 1.29 is 31.2 Å². The zero-order valence-corrected chi connectivity index (χ0v) is 24.3. The van der Waals surface area contributed by atoms with E-state index in [-0.39, 0.29) is 18.7 Å². The Hall–Kier alpha value is -3.38. The Morgan fingerprint density at radius 2 is 1.60 bits per heavy atom. The number of alkyl halides is 3. The number of hydrogen-bond donors (Lipinski definition) is 1. The standard InChI is InChI=1S/C28H29BrF3N3O4S/c1-3-33-27(37)25(16-20-9-5-4-6-10-20)34(18-21-11-7-13-23(29)15-21)26(36)19-35(40(2,38)39)24-14-8-12-22(17-24)28(30,31)32/h4-15,17,25H,3,16,18-19H2,1-2H3,(H,33,37). The second-order valence-corrected chi connectivity index (χ2v) is 11.9. The molecule has 40 heavy (non-hydrogen) atoms. The molecular weight excluding hydrogens is 611 g/mol. The summed E-state index contributed by atoms with van der Waals surface area (Å²) in [5, 5.41) is 2.74. The molecule has 0 aliphatic heterocycles. The van der Waals surface area contributed by atoms with Gasteiger partial charge < -0.3 is 10.2 Å². The van der Waals surface area contributed by atoms with Crippen LogP contribution in [0.2, 0.25) is 0 Å². The van der Waals surface area contributed by atoms with E-state index in [1.807, 2.05) is 6.07 Å². The lowest BCUT2D eigenvalue weighted by Crippen LogP contribution is -2.53. The third kappa shape index (κ3) is 8.56. The van der Waals surface area contributed by atoms with E-state index in [4.69, 9.17) is 0 Å². The number of carbonyl (C=O) groups excluding carboxylic acids is 2. The van der Waals surface area contributed by atoms with Gasteiger partial charge in [0, 0.05) is 24.0 Å². The van der Waals surface area contributed by atoms with Crippen molar-refractivity contribution in [1.29, 1.82) is 0 Å². The number of hydrogen-bond acceptors (Lipinski definition) is 4. The van der Waals surface area contributed by atoms with Gasteiger partial charge in [-0.25, -0.2) is 8.42 Å². The lowest BCUT2D eigenvalue weighted by Gasteiger charge is -2.33. The molecule has 7 nitrogen and oxygen atoms in total. The summed E-state index contributed by atoms with van der Waals surface area (Å²) in [5.41, 5.74) is 0.0609. The Labute approximate surface area is 240 Å². The van der Waals surface area contributed by atoms with Crippen LogP contribution in [-0.2, 0) is 38.8 Å². The Morgan fingerprint density at radius 1 is 0.950 bits per heavy atom. The van der Waals surface area contributed by atoms with E-state index in [0.29, 0.717) is 22.5 Å². The van der Waals surface area contributed by atoms with E-state index in [0.717, 1.165) is 28.4 Å². The van der Waals surface area contributed by atoms with Crippen molar-refractivity contribution in [1.82, 2.24) is 10.2 Å². The SMILES string of the molecule is CCNC(=O)C(Cc1ccccc1)N(Cc1cccc(Br)c1)C(=O)CN(c1cccc(C(F)(F)F)c1)S(C)(=O)=O. The van der Waals surface area contributed by atoms with Crippen LogP contribution in [0.1, 0.15) is 23.6 Å². The van der Waals surface area contributed by atoms with Gasteiger partial charge in [-0.2, -0.15) is 13.2 Å². The van der Waals surface area contributed by atoms with Crippen LogP contribution in [0.3, 0.4) is 0 Å². The monoisotopic (exact) mass is 639 g/mol. The van der Waals surface area contributed by atoms with Crippen LogP contribution < -0.4 is 9.62 Å². The number of nitrogens with zero attached hydrogens (tertiary/aromatic N) is 2. The molecule has 0 heterocycles. The van der Waals surface area contributed by atoms with Crippen molar-refractivity contribution in [2.45, 2.75) is 32.1 Å². The summed E-state index contributed by atoms with van der Waals surface area (Å²) < 4.78 is 67.0. The summed E-state index contributed by atoms with van der Waals surface area (Å²) in [7, 11) is -4.19. The largest absolute Gasteiger partial charge is 0.416 e. The Morgan fingerprint density at radius 3 is 2.20 bits per heavy atom. The lowest BCUT2D eigenvalue weighted by molar-refractivity contribution is -0.140. The molecule has 0 fully saturated rings. The summed E-state index contributed by atoms with van der Waals surface area (Å²) in [6.07, 6.45) is -3.77. The predicted molar refractivity (Wildman–Crippen MR) is 151 cm³/mol. The molecule has 0 saturated carbocycles. The van der Waals surface area contributed by atoms with Crippen molar-refractivity contribution in [2.24, 2.45) is 0 Å². The molecule has 2 amide bonds. The number of nitrogens with one attached hydrogen (secondary N) is 1. The van der Waals surface area contributed by atoms with Gasteiger partial charge in [-0.3, -0.25) is 13.9 Å². The average molecular weight is 641 g/mol. The molecule has 3 rings (SSSR count). The van der Waals surface area contributed by atoms with Crippen molar-refractivity contribution in [3.8, 4) is 0 Å². The van der Waals surface area contributed by atoms with Gasteiger partial charge in [-0.1, -0.05) is 64.5 Å². The summed E-state index contributed by atoms with van der Waals surface area (Å²) in [6.45, 7) is 1.17. The minimum Gasteiger partial charge on any atom is -0.355 e. The van der Waals surface area contributed by atoms with E-state index < -0.39 is 46.2 Å². The molecule has 0 aliphatic carbocycles. The maximum atomic E-state index is 13.9. The lowest BCUT2D eigenvalue weighted by atomic mass is 10.0. The van der Waals surface area contributed by atoms with Gasteiger partial charge in [0.15, 0.2) is 0 Å². The highest BCUT2D eigenvalue weighted by Crippen LogP contribution is 2.32. The predicted octanol–water partition coefficient (Wildman–Crippen LogP) is 5.01. The average Bonchev–Trinajstić information content (AvgIpc) is 2.89. The molecule has 0 bridgehead atoms. The third-order valence-corrected chi connectivity index (χ3v) is 7.64. The molecular formula is C28H29BrF3N3O4S. The summed E-state index contributed by atoms with van der Waals surface area (Å²) in [5.74, 6) is -1.20. The third-order valence-electron chi connectivity index (χ3n) is 6.00. The number of benzene rings is 3. The first kappa shape index (κ1) is 31.2. The van der Waals surface area contributed by atoms with Gasteiger partial charge in [0.1, 0.15) is 12.6 Å². The topological polar surface area (TPSA) is 86.8 Å². The summed E-state index contributed by atoms with van der Waals surface area (Å²) in [4.78, 5) is 28.4. The maximum Gasteiger partial charge on any atom is 0.416 e. The van der Waals surface area contributed by atoms with Crippen LogP contribution in [0.4, 0.5) is 18.9 Å². The van der Waals surface area contributed by atoms with Crippen LogP contribution in [0, 0.1) is 0 Å². The van der Waals surface area contributed by atoms with Crippen molar-refractivity contribution in [3.05, 3.63) is 100 Å². The molecule has 3 aromatic rings. The molecule has 1 N–H and O–H groups in total. The molecule has 0 aromatic heterocycles. The molecule has 1 unspecified atom stereocenters. The van der Waals surface area contributed by atoms with E-state index in [2.05, 4.69) is 21.2 Å². The maximum absolute atomic E-state index is 13.9. The highest BCUT2D eigenvalue weighted by Gasteiger charge is 2.34. The van der Waals surface area contributed by atoms with Crippen molar-refractivity contribution in [2.75, 3.05) is 23.7 Å². The molecule has 214 valence electrons. The molecule has 0 aliphatic rings. The Kier molecular flexibility index (Phi) is 10.4. The van der Waals surface area contributed by atoms with E-state index in [1.54, 1.807) is 55.5 Å². The minimum absolute atomic E-state index is 0.0485. The van der Waals surface area contributed by atoms with Crippen LogP contribution >= 0.6 is 15.9 Å². The number of sulfonamides is 1. The number of halogens is 4. The number of likely N-dealkylation sites (N-methyl/N-ethyl adjacent to an activating group) is 1. The van der Waals surface area contributed by atoms with Gasteiger partial charge in [0.2, 0.25) is 21.8 Å². The highest BCUT2D eigenvalue weighted by molar-refractivity contribution is 9.10. The van der Waals surface area contributed by atoms with E-state index in [1.165, 1.54) is 11.0 Å². The van der Waals surface area contributed by atoms with Crippen LogP contribution in [0.15, 0.2) is 83.3 Å². The fraction of sp³-hybridized carbons (Fsp3) is 0.286. The van der Waals surface area contributed by atoms with Crippen molar-refractivity contribution in [3.63, 3.8) is 0 Å². The Bertz CT molecular complexity index is 1440. The number of rotatable bonds is 11. The fourth-order valence-corrected chi connectivity index (χ4v) is 5.42. The molecule has 1 atom stereocenters. The highest BCUT2D eigenvalue weighted by atomic mass is 79.9. The fourth-order valence-electron chi connectivity index (χ4n) is 4.13. The quantitative estimate of drug-likeness (QED) is 0.320.